The van der Waals surface area contributed by atoms with E-state index in [9.17, 15) is 4.79 Å². The molecule has 158 valence electrons. The Morgan fingerprint density at radius 1 is 1.10 bits per heavy atom. The van der Waals surface area contributed by atoms with Gasteiger partial charge in [-0.3, -0.25) is 15.0 Å². The summed E-state index contributed by atoms with van der Waals surface area (Å²) in [5.74, 6) is -0.307. The third kappa shape index (κ3) is 4.75. The molecule has 0 spiro atoms. The lowest BCUT2D eigenvalue weighted by Crippen LogP contribution is -2.32. The predicted molar refractivity (Wildman–Crippen MR) is 119 cm³/mol. The first-order valence-electron chi connectivity index (χ1n) is 10.8. The Morgan fingerprint density at radius 3 is 2.70 bits per heavy atom. The van der Waals surface area contributed by atoms with Gasteiger partial charge in [-0.05, 0) is 80.0 Å². The minimum atomic E-state index is -0.307. The van der Waals surface area contributed by atoms with Gasteiger partial charge in [0.25, 0.3) is 0 Å². The quantitative estimate of drug-likeness (QED) is 0.423. The average Bonchev–Trinajstić information content (AvgIpc) is 2.93. The summed E-state index contributed by atoms with van der Waals surface area (Å²) in [5.41, 5.74) is 9.55. The second-order valence-corrected chi connectivity index (χ2v) is 8.56. The van der Waals surface area contributed by atoms with Crippen LogP contribution in [0.15, 0.2) is 42.1 Å². The van der Waals surface area contributed by atoms with E-state index in [-0.39, 0.29) is 5.91 Å². The summed E-state index contributed by atoms with van der Waals surface area (Å²) in [7, 11) is 0. The molecule has 2 N–H and O–H groups in total. The number of halogens is 1. The summed E-state index contributed by atoms with van der Waals surface area (Å²) < 4.78 is 0. The van der Waals surface area contributed by atoms with Gasteiger partial charge in [-0.2, -0.15) is 0 Å². The summed E-state index contributed by atoms with van der Waals surface area (Å²) in [6.45, 7) is 3.04. The summed E-state index contributed by atoms with van der Waals surface area (Å²) in [5, 5.41) is 9.38. The van der Waals surface area contributed by atoms with Crippen molar-refractivity contribution in [2.45, 2.75) is 44.9 Å². The fraction of sp³-hybridized carbons (Fsp3) is 0.417. The average molecular weight is 426 g/mol. The molecule has 0 bridgehead atoms. The summed E-state index contributed by atoms with van der Waals surface area (Å²) >= 11 is 6.31. The molecule has 6 heteroatoms. The predicted octanol–water partition coefficient (Wildman–Crippen LogP) is 4.41. The number of aryl methyl sites for hydroxylation is 2. The molecular formula is C24H28ClN3O2. The minimum Gasteiger partial charge on any atom is -0.303 e. The van der Waals surface area contributed by atoms with Crippen molar-refractivity contribution >= 4 is 23.1 Å². The third-order valence-corrected chi connectivity index (χ3v) is 6.43. The van der Waals surface area contributed by atoms with Gasteiger partial charge in [0.2, 0.25) is 5.91 Å². The lowest BCUT2D eigenvalue weighted by atomic mass is 9.88. The monoisotopic (exact) mass is 425 g/mol. The van der Waals surface area contributed by atoms with E-state index in [1.54, 1.807) is 5.48 Å². The molecule has 0 unspecified atom stereocenters. The van der Waals surface area contributed by atoms with Crippen molar-refractivity contribution in [1.82, 2.24) is 15.4 Å². The molecule has 1 aromatic carbocycles. The molecule has 1 aliphatic heterocycles. The molecule has 4 rings (SSSR count). The first kappa shape index (κ1) is 21.0. The second kappa shape index (κ2) is 9.73. The fourth-order valence-corrected chi connectivity index (χ4v) is 4.80. The summed E-state index contributed by atoms with van der Waals surface area (Å²) in [6.07, 6.45) is 8.07. The Morgan fingerprint density at radius 2 is 1.90 bits per heavy atom. The van der Waals surface area contributed by atoms with Gasteiger partial charge in [0.1, 0.15) is 0 Å². The van der Waals surface area contributed by atoms with E-state index in [4.69, 9.17) is 21.8 Å². The highest BCUT2D eigenvalue weighted by molar-refractivity contribution is 6.30. The smallest absolute Gasteiger partial charge is 0.243 e. The van der Waals surface area contributed by atoms with Crippen LogP contribution in [0.4, 0.5) is 0 Å². The van der Waals surface area contributed by atoms with E-state index in [1.807, 2.05) is 18.3 Å². The Labute approximate surface area is 182 Å². The van der Waals surface area contributed by atoms with Gasteiger partial charge in [-0.15, -0.1) is 0 Å². The van der Waals surface area contributed by atoms with Crippen LogP contribution in [-0.4, -0.2) is 40.6 Å². The van der Waals surface area contributed by atoms with Crippen LogP contribution in [0.1, 0.15) is 54.5 Å². The van der Waals surface area contributed by atoms with Gasteiger partial charge >= 0.3 is 0 Å². The van der Waals surface area contributed by atoms with Crippen molar-refractivity contribution in [3.8, 4) is 0 Å². The fourth-order valence-electron chi connectivity index (χ4n) is 4.61. The van der Waals surface area contributed by atoms with Gasteiger partial charge in [0.15, 0.2) is 0 Å². The van der Waals surface area contributed by atoms with Crippen LogP contribution in [0.3, 0.4) is 0 Å². The van der Waals surface area contributed by atoms with Crippen LogP contribution in [0, 0.1) is 0 Å². The number of likely N-dealkylation sites (tertiary alicyclic amines) is 1. The molecule has 0 atom stereocenters. The van der Waals surface area contributed by atoms with Crippen molar-refractivity contribution in [2.24, 2.45) is 0 Å². The van der Waals surface area contributed by atoms with Gasteiger partial charge in [0.05, 0.1) is 5.69 Å². The molecule has 5 nitrogen and oxygen atoms in total. The Bertz CT molecular complexity index is 947. The largest absolute Gasteiger partial charge is 0.303 e. The Kier molecular flexibility index (Phi) is 6.82. The lowest BCUT2D eigenvalue weighted by Gasteiger charge is -2.30. The SMILES string of the molecule is O=C(CCCCN1CCC(=C2c3ccc(Cl)cc3CCc3cccnc32)CC1)NO. The van der Waals surface area contributed by atoms with Crippen LogP contribution in [-0.2, 0) is 17.6 Å². The van der Waals surface area contributed by atoms with Gasteiger partial charge in [0, 0.05) is 36.3 Å². The van der Waals surface area contributed by atoms with Gasteiger partial charge < -0.3 is 4.90 Å². The molecular weight excluding hydrogens is 398 g/mol. The second-order valence-electron chi connectivity index (χ2n) is 8.12. The maximum atomic E-state index is 11.1. The van der Waals surface area contributed by atoms with E-state index < -0.39 is 0 Å². The van der Waals surface area contributed by atoms with E-state index >= 15 is 0 Å². The molecule has 30 heavy (non-hydrogen) atoms. The number of aromatic nitrogens is 1. The first-order chi connectivity index (χ1) is 14.7. The first-order valence-corrected chi connectivity index (χ1v) is 11.1. The van der Waals surface area contributed by atoms with E-state index in [0.29, 0.717) is 6.42 Å². The molecule has 1 aromatic heterocycles. The number of hydrogen-bond donors (Lipinski definition) is 2. The van der Waals surface area contributed by atoms with Crippen molar-refractivity contribution in [3.63, 3.8) is 0 Å². The number of unbranched alkanes of at least 4 members (excludes halogenated alkanes) is 1. The standard InChI is InChI=1S/C24H28ClN3O2/c25-20-8-9-21-19(16-20)7-6-18-4-3-12-26-24(18)23(21)17-10-14-28(15-11-17)13-2-1-5-22(29)27-30/h3-4,8-9,12,16,30H,1-2,5-7,10-11,13-15H2,(H,27,29). The van der Waals surface area contributed by atoms with Crippen molar-refractivity contribution < 1.29 is 10.0 Å². The molecule has 0 saturated carbocycles. The molecule has 1 amide bonds. The zero-order valence-electron chi connectivity index (χ0n) is 17.2. The third-order valence-electron chi connectivity index (χ3n) is 6.19. The number of nitrogens with zero attached hydrogens (tertiary/aromatic N) is 2. The number of nitrogens with one attached hydrogen (secondary N) is 1. The highest BCUT2D eigenvalue weighted by Gasteiger charge is 2.25. The zero-order valence-corrected chi connectivity index (χ0v) is 17.9. The summed E-state index contributed by atoms with van der Waals surface area (Å²) in [6, 6.07) is 10.5. The maximum Gasteiger partial charge on any atom is 0.243 e. The number of piperidine rings is 1. The number of fused-ring (bicyclic) bond motifs is 2. The number of carbonyl (C=O) groups is 1. The van der Waals surface area contributed by atoms with Crippen molar-refractivity contribution in [2.75, 3.05) is 19.6 Å². The zero-order chi connectivity index (χ0) is 20.9. The maximum absolute atomic E-state index is 11.1. The summed E-state index contributed by atoms with van der Waals surface area (Å²) in [4.78, 5) is 18.4. The van der Waals surface area contributed by atoms with E-state index in [0.717, 1.165) is 68.9 Å². The highest BCUT2D eigenvalue weighted by atomic mass is 35.5. The Hall–Kier alpha value is -2.21. The number of pyridine rings is 1. The van der Waals surface area contributed by atoms with Crippen LogP contribution < -0.4 is 5.48 Å². The molecule has 0 radical (unpaired) electrons. The number of amides is 1. The number of carbonyl (C=O) groups excluding carboxylic acids is 1. The van der Waals surface area contributed by atoms with Crippen LogP contribution in [0.2, 0.25) is 5.02 Å². The topological polar surface area (TPSA) is 65.5 Å². The van der Waals surface area contributed by atoms with Gasteiger partial charge in [-0.25, -0.2) is 5.48 Å². The van der Waals surface area contributed by atoms with Crippen molar-refractivity contribution in [3.05, 3.63) is 69.5 Å². The molecule has 1 fully saturated rings. The lowest BCUT2D eigenvalue weighted by molar-refractivity contribution is -0.129. The number of hydrogen-bond acceptors (Lipinski definition) is 4. The molecule has 1 saturated heterocycles. The number of benzene rings is 1. The number of rotatable bonds is 5. The van der Waals surface area contributed by atoms with E-state index in [1.165, 1.54) is 27.8 Å². The van der Waals surface area contributed by atoms with Crippen LogP contribution in [0.25, 0.3) is 5.57 Å². The van der Waals surface area contributed by atoms with Crippen molar-refractivity contribution in [1.29, 1.82) is 0 Å². The van der Waals surface area contributed by atoms with Gasteiger partial charge in [-0.1, -0.05) is 29.3 Å². The van der Waals surface area contributed by atoms with Crippen LogP contribution in [0.5, 0.6) is 0 Å². The molecule has 2 heterocycles. The number of hydroxylamine groups is 1. The minimum absolute atomic E-state index is 0.307. The van der Waals surface area contributed by atoms with Crippen LogP contribution >= 0.6 is 11.6 Å². The molecule has 2 aromatic rings. The van der Waals surface area contributed by atoms with E-state index in [2.05, 4.69) is 23.1 Å². The highest BCUT2D eigenvalue weighted by Crippen LogP contribution is 2.38. The molecule has 1 aliphatic carbocycles. The molecule has 2 aliphatic rings. The Balaban J connectivity index is 1.53. The normalized spacial score (nSPS) is 16.6.